The molecule has 1 atom stereocenters. The third kappa shape index (κ3) is 2.86. The fourth-order valence-electron chi connectivity index (χ4n) is 1.41. The SMILES string of the molecule is CCc1ccc(C(=O)N(C)CC(C)C#N)o1. The smallest absolute Gasteiger partial charge is 0.289 e. The van der Waals surface area contributed by atoms with Gasteiger partial charge >= 0.3 is 0 Å². The average Bonchev–Trinajstić information content (AvgIpc) is 2.76. The lowest BCUT2D eigenvalue weighted by atomic mass is 10.2. The van der Waals surface area contributed by atoms with Crippen molar-refractivity contribution in [1.29, 1.82) is 5.26 Å². The Bertz CT molecular complexity index is 403. The molecule has 0 radical (unpaired) electrons. The van der Waals surface area contributed by atoms with Crippen LogP contribution < -0.4 is 0 Å². The van der Waals surface area contributed by atoms with Crippen molar-refractivity contribution in [2.45, 2.75) is 20.3 Å². The molecule has 1 heterocycles. The number of aryl methyl sites for hydroxylation is 1. The molecule has 0 saturated carbocycles. The highest BCUT2D eigenvalue weighted by Gasteiger charge is 2.17. The minimum absolute atomic E-state index is 0.172. The molecule has 1 aromatic rings. The van der Waals surface area contributed by atoms with E-state index in [4.69, 9.17) is 9.68 Å². The molecule has 0 fully saturated rings. The minimum Gasteiger partial charge on any atom is -0.456 e. The fraction of sp³-hybridized carbons (Fsp3) is 0.500. The zero-order valence-electron chi connectivity index (χ0n) is 9.86. The first-order chi connectivity index (χ1) is 7.58. The van der Waals surface area contributed by atoms with Gasteiger partial charge in [-0.1, -0.05) is 6.92 Å². The van der Waals surface area contributed by atoms with Crippen LogP contribution in [-0.4, -0.2) is 24.4 Å². The molecule has 4 nitrogen and oxygen atoms in total. The Balaban J connectivity index is 2.67. The van der Waals surface area contributed by atoms with E-state index in [1.54, 1.807) is 26.1 Å². The quantitative estimate of drug-likeness (QED) is 0.780. The van der Waals surface area contributed by atoms with Gasteiger partial charge in [-0.3, -0.25) is 4.79 Å². The summed E-state index contributed by atoms with van der Waals surface area (Å²) in [6.07, 6.45) is 0.769. The van der Waals surface area contributed by atoms with Gasteiger partial charge in [-0.15, -0.1) is 0 Å². The number of carbonyl (C=O) groups excluding carboxylic acids is 1. The summed E-state index contributed by atoms with van der Waals surface area (Å²) in [7, 11) is 1.67. The Labute approximate surface area is 95.5 Å². The van der Waals surface area contributed by atoms with Crippen LogP contribution in [0.3, 0.4) is 0 Å². The van der Waals surface area contributed by atoms with Gasteiger partial charge in [-0.25, -0.2) is 0 Å². The van der Waals surface area contributed by atoms with Gasteiger partial charge in [0.05, 0.1) is 12.0 Å². The maximum absolute atomic E-state index is 11.8. The number of nitrogens with zero attached hydrogens (tertiary/aromatic N) is 2. The van der Waals surface area contributed by atoms with Crippen LogP contribution in [0.4, 0.5) is 0 Å². The number of hydrogen-bond acceptors (Lipinski definition) is 3. The standard InChI is InChI=1S/C12H16N2O2/c1-4-10-5-6-11(16-10)12(15)14(3)8-9(2)7-13/h5-6,9H,4,8H2,1-3H3. The Kier molecular flexibility index (Phi) is 4.12. The lowest BCUT2D eigenvalue weighted by Gasteiger charge is -2.16. The molecule has 4 heteroatoms. The van der Waals surface area contributed by atoms with Crippen molar-refractivity contribution >= 4 is 5.91 Å². The van der Waals surface area contributed by atoms with Crippen LogP contribution in [0.5, 0.6) is 0 Å². The summed E-state index contributed by atoms with van der Waals surface area (Å²) >= 11 is 0. The Morgan fingerprint density at radius 1 is 1.62 bits per heavy atom. The van der Waals surface area contributed by atoms with E-state index in [0.717, 1.165) is 12.2 Å². The van der Waals surface area contributed by atoms with E-state index in [2.05, 4.69) is 6.07 Å². The number of furan rings is 1. The molecule has 1 amide bonds. The van der Waals surface area contributed by atoms with E-state index in [9.17, 15) is 4.79 Å². The lowest BCUT2D eigenvalue weighted by Crippen LogP contribution is -2.30. The number of rotatable bonds is 4. The van der Waals surface area contributed by atoms with Crippen LogP contribution in [-0.2, 0) is 6.42 Å². The third-order valence-electron chi connectivity index (χ3n) is 2.34. The molecule has 86 valence electrons. The molecule has 1 rings (SSSR count). The largest absolute Gasteiger partial charge is 0.456 e. The van der Waals surface area contributed by atoms with Crippen LogP contribution in [0, 0.1) is 17.2 Å². The summed E-state index contributed by atoms with van der Waals surface area (Å²) in [4.78, 5) is 13.4. The fourth-order valence-corrected chi connectivity index (χ4v) is 1.41. The molecule has 16 heavy (non-hydrogen) atoms. The van der Waals surface area contributed by atoms with Gasteiger partial charge in [-0.05, 0) is 19.1 Å². The summed E-state index contributed by atoms with van der Waals surface area (Å²) < 4.78 is 5.36. The first-order valence-electron chi connectivity index (χ1n) is 5.32. The predicted molar refractivity (Wildman–Crippen MR) is 59.8 cm³/mol. The van der Waals surface area contributed by atoms with Crippen molar-refractivity contribution in [1.82, 2.24) is 4.90 Å². The highest BCUT2D eigenvalue weighted by Crippen LogP contribution is 2.11. The number of amides is 1. The molecule has 0 N–H and O–H groups in total. The van der Waals surface area contributed by atoms with E-state index in [0.29, 0.717) is 12.3 Å². The second-order valence-corrected chi connectivity index (χ2v) is 3.84. The molecular weight excluding hydrogens is 204 g/mol. The second kappa shape index (κ2) is 5.36. The molecule has 1 unspecified atom stereocenters. The van der Waals surface area contributed by atoms with Gasteiger partial charge in [0.1, 0.15) is 5.76 Å². The molecule has 0 aliphatic heterocycles. The van der Waals surface area contributed by atoms with Crippen molar-refractivity contribution < 1.29 is 9.21 Å². The van der Waals surface area contributed by atoms with E-state index in [1.807, 2.05) is 6.92 Å². The van der Waals surface area contributed by atoms with Crippen molar-refractivity contribution in [3.05, 3.63) is 23.7 Å². The molecule has 0 aliphatic rings. The predicted octanol–water partition coefficient (Wildman–Crippen LogP) is 2.07. The van der Waals surface area contributed by atoms with Crippen molar-refractivity contribution in [2.24, 2.45) is 5.92 Å². The summed E-state index contributed by atoms with van der Waals surface area (Å²) in [5, 5.41) is 8.67. The maximum atomic E-state index is 11.8. The van der Waals surface area contributed by atoms with Gasteiger partial charge in [-0.2, -0.15) is 5.26 Å². The van der Waals surface area contributed by atoms with Gasteiger partial charge in [0.25, 0.3) is 5.91 Å². The minimum atomic E-state index is -0.179. The molecule has 0 spiro atoms. The topological polar surface area (TPSA) is 57.2 Å². The lowest BCUT2D eigenvalue weighted by molar-refractivity contribution is 0.0752. The summed E-state index contributed by atoms with van der Waals surface area (Å²) in [5.41, 5.74) is 0. The molecular formula is C12H16N2O2. The second-order valence-electron chi connectivity index (χ2n) is 3.84. The highest BCUT2D eigenvalue weighted by atomic mass is 16.4. The van der Waals surface area contributed by atoms with Crippen LogP contribution >= 0.6 is 0 Å². The first-order valence-corrected chi connectivity index (χ1v) is 5.32. The first kappa shape index (κ1) is 12.3. The molecule has 0 saturated heterocycles. The summed E-state index contributed by atoms with van der Waals surface area (Å²) in [6, 6.07) is 5.57. The Hall–Kier alpha value is -1.76. The number of hydrogen-bond donors (Lipinski definition) is 0. The number of carbonyl (C=O) groups is 1. The average molecular weight is 220 g/mol. The third-order valence-corrected chi connectivity index (χ3v) is 2.34. The number of nitriles is 1. The van der Waals surface area contributed by atoms with Crippen LogP contribution in [0.2, 0.25) is 0 Å². The molecule has 0 aliphatic carbocycles. The summed E-state index contributed by atoms with van der Waals surface area (Å²) in [5.74, 6) is 0.783. The van der Waals surface area contributed by atoms with Gasteiger partial charge in [0.2, 0.25) is 0 Å². The zero-order chi connectivity index (χ0) is 12.1. The summed E-state index contributed by atoms with van der Waals surface area (Å²) in [6.45, 7) is 4.16. The monoisotopic (exact) mass is 220 g/mol. The van der Waals surface area contributed by atoms with Gasteiger partial charge in [0, 0.05) is 20.0 Å². The van der Waals surface area contributed by atoms with E-state index >= 15 is 0 Å². The van der Waals surface area contributed by atoms with E-state index in [1.165, 1.54) is 4.90 Å². The van der Waals surface area contributed by atoms with Crippen LogP contribution in [0.15, 0.2) is 16.5 Å². The van der Waals surface area contributed by atoms with Gasteiger partial charge in [0.15, 0.2) is 5.76 Å². The molecule has 0 aromatic carbocycles. The van der Waals surface area contributed by atoms with Crippen molar-refractivity contribution in [3.63, 3.8) is 0 Å². The Morgan fingerprint density at radius 2 is 2.31 bits per heavy atom. The van der Waals surface area contributed by atoms with Crippen LogP contribution in [0.1, 0.15) is 30.2 Å². The highest BCUT2D eigenvalue weighted by molar-refractivity contribution is 5.91. The van der Waals surface area contributed by atoms with Crippen molar-refractivity contribution in [2.75, 3.05) is 13.6 Å². The van der Waals surface area contributed by atoms with Crippen LogP contribution in [0.25, 0.3) is 0 Å². The normalized spacial score (nSPS) is 11.9. The van der Waals surface area contributed by atoms with E-state index < -0.39 is 0 Å². The van der Waals surface area contributed by atoms with Crippen molar-refractivity contribution in [3.8, 4) is 6.07 Å². The van der Waals surface area contributed by atoms with Gasteiger partial charge < -0.3 is 9.32 Å². The molecule has 1 aromatic heterocycles. The molecule has 0 bridgehead atoms. The Morgan fingerprint density at radius 3 is 2.81 bits per heavy atom. The zero-order valence-corrected chi connectivity index (χ0v) is 9.86. The maximum Gasteiger partial charge on any atom is 0.289 e. The van der Waals surface area contributed by atoms with E-state index in [-0.39, 0.29) is 11.8 Å².